The maximum Gasteiger partial charge on any atom is 0.0826 e. The van der Waals surface area contributed by atoms with E-state index < -0.39 is 0 Å². The first kappa shape index (κ1) is 10.1. The minimum atomic E-state index is 0.443. The molecular weight excluding hydrogens is 188 g/mol. The van der Waals surface area contributed by atoms with Crippen LogP contribution in [0.5, 0.6) is 0 Å². The van der Waals surface area contributed by atoms with Gasteiger partial charge in [-0.1, -0.05) is 0 Å². The van der Waals surface area contributed by atoms with Crippen LogP contribution in [-0.2, 0) is 4.74 Å². The lowest BCUT2D eigenvalue weighted by molar-refractivity contribution is 0.00301. The number of ether oxygens (including phenoxy) is 1. The van der Waals surface area contributed by atoms with Gasteiger partial charge in [-0.05, 0) is 31.6 Å². The summed E-state index contributed by atoms with van der Waals surface area (Å²) in [7, 11) is 0. The van der Waals surface area contributed by atoms with E-state index >= 15 is 0 Å². The molecule has 3 aliphatic rings. The van der Waals surface area contributed by atoms with Gasteiger partial charge in [0, 0.05) is 32.2 Å². The second kappa shape index (κ2) is 4.40. The Kier molecular flexibility index (Phi) is 2.95. The Labute approximate surface area is 92.2 Å². The molecule has 86 valence electrons. The van der Waals surface area contributed by atoms with E-state index in [1.54, 1.807) is 0 Å². The number of morpholine rings is 1. The quantitative estimate of drug-likeness (QED) is 0.728. The van der Waals surface area contributed by atoms with E-state index in [1.165, 1.54) is 32.2 Å². The zero-order valence-corrected chi connectivity index (χ0v) is 9.45. The zero-order chi connectivity index (χ0) is 10.1. The summed E-state index contributed by atoms with van der Waals surface area (Å²) in [5.41, 5.74) is 0. The van der Waals surface area contributed by atoms with Crippen LogP contribution >= 0.6 is 0 Å². The molecule has 1 aliphatic heterocycles. The average molecular weight is 210 g/mol. The van der Waals surface area contributed by atoms with E-state index in [0.717, 1.165) is 38.2 Å². The van der Waals surface area contributed by atoms with Crippen LogP contribution in [0.25, 0.3) is 0 Å². The van der Waals surface area contributed by atoms with Crippen molar-refractivity contribution in [1.29, 1.82) is 0 Å². The topological polar surface area (TPSA) is 24.5 Å². The highest BCUT2D eigenvalue weighted by Crippen LogP contribution is 2.34. The standard InChI is InChI=1S/C12H22N2O/c1-2-10(1)8-14(11-3-4-11)9-12-7-13-5-6-15-12/h10-13H,1-9H2. The molecule has 3 nitrogen and oxygen atoms in total. The predicted octanol–water partition coefficient (Wildman–Crippen LogP) is 0.849. The van der Waals surface area contributed by atoms with Crippen LogP contribution in [0.1, 0.15) is 25.7 Å². The molecular formula is C12H22N2O. The molecule has 3 fully saturated rings. The molecule has 0 radical (unpaired) electrons. The van der Waals surface area contributed by atoms with Gasteiger partial charge in [0.1, 0.15) is 0 Å². The first-order valence-corrected chi connectivity index (χ1v) is 6.48. The van der Waals surface area contributed by atoms with Crippen molar-refractivity contribution < 1.29 is 4.74 Å². The van der Waals surface area contributed by atoms with Gasteiger partial charge in [-0.3, -0.25) is 4.90 Å². The third kappa shape index (κ3) is 2.92. The van der Waals surface area contributed by atoms with Crippen LogP contribution in [0.2, 0.25) is 0 Å². The Hall–Kier alpha value is -0.120. The Balaban J connectivity index is 1.47. The molecule has 0 aromatic heterocycles. The number of rotatable bonds is 5. The molecule has 15 heavy (non-hydrogen) atoms. The van der Waals surface area contributed by atoms with Gasteiger partial charge in [0.15, 0.2) is 0 Å². The van der Waals surface area contributed by atoms with Gasteiger partial charge >= 0.3 is 0 Å². The molecule has 3 heteroatoms. The van der Waals surface area contributed by atoms with Crippen LogP contribution in [0, 0.1) is 5.92 Å². The van der Waals surface area contributed by atoms with Crippen molar-refractivity contribution in [2.24, 2.45) is 5.92 Å². The van der Waals surface area contributed by atoms with Gasteiger partial charge in [0.2, 0.25) is 0 Å². The lowest BCUT2D eigenvalue weighted by Gasteiger charge is -2.30. The Morgan fingerprint density at radius 1 is 1.13 bits per heavy atom. The monoisotopic (exact) mass is 210 g/mol. The molecule has 3 rings (SSSR count). The lowest BCUT2D eigenvalue weighted by atomic mass is 10.2. The van der Waals surface area contributed by atoms with Crippen LogP contribution in [0.4, 0.5) is 0 Å². The fourth-order valence-electron chi connectivity index (χ4n) is 2.44. The second-order valence-electron chi connectivity index (χ2n) is 5.33. The summed E-state index contributed by atoms with van der Waals surface area (Å²) in [6, 6.07) is 0.899. The molecule has 2 saturated carbocycles. The smallest absolute Gasteiger partial charge is 0.0826 e. The van der Waals surface area contributed by atoms with Gasteiger partial charge in [-0.2, -0.15) is 0 Å². The van der Waals surface area contributed by atoms with Crippen LogP contribution in [-0.4, -0.2) is 49.8 Å². The van der Waals surface area contributed by atoms with Crippen molar-refractivity contribution in [1.82, 2.24) is 10.2 Å². The van der Waals surface area contributed by atoms with Crippen LogP contribution < -0.4 is 5.32 Å². The number of hydrogen-bond donors (Lipinski definition) is 1. The Morgan fingerprint density at radius 2 is 2.00 bits per heavy atom. The fraction of sp³-hybridized carbons (Fsp3) is 1.00. The van der Waals surface area contributed by atoms with Gasteiger partial charge in [0.05, 0.1) is 12.7 Å². The summed E-state index contributed by atoms with van der Waals surface area (Å²) in [4.78, 5) is 2.69. The molecule has 1 N–H and O–H groups in total. The molecule has 0 spiro atoms. The molecule has 0 aromatic rings. The summed E-state index contributed by atoms with van der Waals surface area (Å²) < 4.78 is 5.78. The molecule has 0 aromatic carbocycles. The molecule has 1 heterocycles. The van der Waals surface area contributed by atoms with Gasteiger partial charge in [-0.25, -0.2) is 0 Å². The van der Waals surface area contributed by atoms with E-state index in [0.29, 0.717) is 6.10 Å². The number of nitrogens with one attached hydrogen (secondary N) is 1. The van der Waals surface area contributed by atoms with Crippen LogP contribution in [0.15, 0.2) is 0 Å². The summed E-state index contributed by atoms with van der Waals surface area (Å²) in [5.74, 6) is 1.02. The first-order chi connectivity index (χ1) is 7.42. The van der Waals surface area contributed by atoms with Crippen molar-refractivity contribution >= 4 is 0 Å². The van der Waals surface area contributed by atoms with Crippen molar-refractivity contribution in [3.05, 3.63) is 0 Å². The Bertz CT molecular complexity index is 208. The van der Waals surface area contributed by atoms with Gasteiger partial charge in [-0.15, -0.1) is 0 Å². The number of nitrogens with zero attached hydrogens (tertiary/aromatic N) is 1. The largest absolute Gasteiger partial charge is 0.374 e. The first-order valence-electron chi connectivity index (χ1n) is 6.48. The third-order valence-corrected chi connectivity index (χ3v) is 3.70. The van der Waals surface area contributed by atoms with E-state index in [-0.39, 0.29) is 0 Å². The van der Waals surface area contributed by atoms with Gasteiger partial charge < -0.3 is 10.1 Å². The Morgan fingerprint density at radius 3 is 2.60 bits per heavy atom. The summed E-state index contributed by atoms with van der Waals surface area (Å²) in [6.45, 7) is 5.47. The molecule has 1 unspecified atom stereocenters. The second-order valence-corrected chi connectivity index (χ2v) is 5.33. The summed E-state index contributed by atoms with van der Waals surface area (Å²) in [6.07, 6.45) is 6.22. The van der Waals surface area contributed by atoms with Crippen molar-refractivity contribution in [2.75, 3.05) is 32.8 Å². The van der Waals surface area contributed by atoms with Crippen LogP contribution in [0.3, 0.4) is 0 Å². The zero-order valence-electron chi connectivity index (χ0n) is 9.45. The van der Waals surface area contributed by atoms with Crippen molar-refractivity contribution in [3.8, 4) is 0 Å². The average Bonchev–Trinajstić information content (AvgIpc) is 3.13. The van der Waals surface area contributed by atoms with Gasteiger partial charge in [0.25, 0.3) is 0 Å². The highest BCUT2D eigenvalue weighted by molar-refractivity contribution is 4.90. The molecule has 1 saturated heterocycles. The van der Waals surface area contributed by atoms with E-state index in [9.17, 15) is 0 Å². The highest BCUT2D eigenvalue weighted by Gasteiger charge is 2.34. The lowest BCUT2D eigenvalue weighted by Crippen LogP contribution is -2.46. The van der Waals surface area contributed by atoms with E-state index in [4.69, 9.17) is 4.74 Å². The van der Waals surface area contributed by atoms with E-state index in [1.807, 2.05) is 0 Å². The molecule has 1 atom stereocenters. The minimum absolute atomic E-state index is 0.443. The predicted molar refractivity (Wildman–Crippen MR) is 59.9 cm³/mol. The number of hydrogen-bond acceptors (Lipinski definition) is 3. The van der Waals surface area contributed by atoms with Crippen molar-refractivity contribution in [3.63, 3.8) is 0 Å². The third-order valence-electron chi connectivity index (χ3n) is 3.70. The highest BCUT2D eigenvalue weighted by atomic mass is 16.5. The maximum absolute atomic E-state index is 5.78. The van der Waals surface area contributed by atoms with E-state index in [2.05, 4.69) is 10.2 Å². The fourth-order valence-corrected chi connectivity index (χ4v) is 2.44. The molecule has 0 amide bonds. The maximum atomic E-state index is 5.78. The SMILES string of the molecule is C1COC(CN(CC2CC2)C2CC2)CN1. The minimum Gasteiger partial charge on any atom is -0.374 e. The normalized spacial score (nSPS) is 32.2. The van der Waals surface area contributed by atoms with Crippen molar-refractivity contribution in [2.45, 2.75) is 37.8 Å². The summed E-state index contributed by atoms with van der Waals surface area (Å²) in [5, 5.41) is 3.42. The summed E-state index contributed by atoms with van der Waals surface area (Å²) >= 11 is 0. The molecule has 0 bridgehead atoms. The molecule has 2 aliphatic carbocycles.